The summed E-state index contributed by atoms with van der Waals surface area (Å²) >= 11 is 0. The maximum atomic E-state index is 9.40. The van der Waals surface area contributed by atoms with Crippen molar-refractivity contribution in [1.29, 1.82) is 0 Å². The fraction of sp³-hybridized carbons (Fsp3) is 1.00. The summed E-state index contributed by atoms with van der Waals surface area (Å²) < 4.78 is 16.9. The molecule has 2 fully saturated rings. The second-order valence-electron chi connectivity index (χ2n) is 4.59. The maximum absolute atomic E-state index is 9.40. The molecule has 4 unspecified atom stereocenters. The van der Waals surface area contributed by atoms with E-state index in [1.54, 1.807) is 0 Å². The van der Waals surface area contributed by atoms with Gasteiger partial charge in [0.05, 0.1) is 12.2 Å². The second kappa shape index (κ2) is 5.96. The summed E-state index contributed by atoms with van der Waals surface area (Å²) in [6.07, 6.45) is 5.06. The highest BCUT2D eigenvalue weighted by Crippen LogP contribution is 2.25. The van der Waals surface area contributed by atoms with Gasteiger partial charge in [0.15, 0.2) is 12.6 Å². The largest absolute Gasteiger partial charge is 0.376 e. The van der Waals surface area contributed by atoms with Crippen molar-refractivity contribution in [2.45, 2.75) is 70.2 Å². The van der Waals surface area contributed by atoms with Crippen molar-refractivity contribution < 1.29 is 19.3 Å². The van der Waals surface area contributed by atoms with Crippen LogP contribution in [0.2, 0.25) is 0 Å². The highest BCUT2D eigenvalue weighted by Gasteiger charge is 2.30. The summed E-state index contributed by atoms with van der Waals surface area (Å²) in [5, 5.41) is 9.40. The SMILES string of the molecule is CCC1OCCCC1OC1CCCC(O)O1. The van der Waals surface area contributed by atoms with E-state index in [1.165, 1.54) is 0 Å². The standard InChI is InChI=1S/C12H22O4/c1-2-9-10(5-4-8-14-9)15-12-7-3-6-11(13)16-12/h9-13H,2-8H2,1H3. The van der Waals surface area contributed by atoms with Crippen molar-refractivity contribution in [3.63, 3.8) is 0 Å². The van der Waals surface area contributed by atoms with E-state index in [4.69, 9.17) is 14.2 Å². The Labute approximate surface area is 96.9 Å². The molecular weight excluding hydrogens is 208 g/mol. The third kappa shape index (κ3) is 3.17. The lowest BCUT2D eigenvalue weighted by Gasteiger charge is -2.35. The number of ether oxygens (including phenoxy) is 3. The van der Waals surface area contributed by atoms with E-state index in [2.05, 4.69) is 6.92 Å². The zero-order valence-electron chi connectivity index (χ0n) is 9.93. The normalized spacial score (nSPS) is 40.9. The van der Waals surface area contributed by atoms with Crippen LogP contribution in [0.15, 0.2) is 0 Å². The molecule has 2 heterocycles. The molecule has 0 spiro atoms. The minimum atomic E-state index is -0.650. The number of hydrogen-bond donors (Lipinski definition) is 1. The maximum Gasteiger partial charge on any atom is 0.161 e. The Bertz CT molecular complexity index is 209. The van der Waals surface area contributed by atoms with E-state index in [0.717, 1.165) is 45.1 Å². The molecule has 4 atom stereocenters. The first-order chi connectivity index (χ1) is 7.79. The predicted octanol–water partition coefficient (Wildman–Crippen LogP) is 1.81. The Morgan fingerprint density at radius 1 is 1.25 bits per heavy atom. The summed E-state index contributed by atoms with van der Waals surface area (Å²) in [5.41, 5.74) is 0. The molecule has 2 saturated heterocycles. The van der Waals surface area contributed by atoms with Crippen molar-refractivity contribution in [3.8, 4) is 0 Å². The quantitative estimate of drug-likeness (QED) is 0.803. The van der Waals surface area contributed by atoms with Crippen molar-refractivity contribution >= 4 is 0 Å². The molecular formula is C12H22O4. The van der Waals surface area contributed by atoms with E-state index in [-0.39, 0.29) is 18.5 Å². The summed E-state index contributed by atoms with van der Waals surface area (Å²) in [5.74, 6) is 0. The van der Waals surface area contributed by atoms with Gasteiger partial charge in [-0.15, -0.1) is 0 Å². The Morgan fingerprint density at radius 2 is 2.12 bits per heavy atom. The molecule has 0 aromatic carbocycles. The van der Waals surface area contributed by atoms with Gasteiger partial charge in [0.1, 0.15) is 0 Å². The summed E-state index contributed by atoms with van der Waals surface area (Å²) in [7, 11) is 0. The van der Waals surface area contributed by atoms with Crippen LogP contribution in [0, 0.1) is 0 Å². The lowest BCUT2D eigenvalue weighted by Crippen LogP contribution is -2.41. The average Bonchev–Trinajstić information content (AvgIpc) is 2.30. The molecule has 94 valence electrons. The highest BCUT2D eigenvalue weighted by molar-refractivity contribution is 4.75. The molecule has 2 rings (SSSR count). The van der Waals surface area contributed by atoms with Crippen LogP contribution in [-0.2, 0) is 14.2 Å². The number of rotatable bonds is 3. The van der Waals surface area contributed by atoms with E-state index < -0.39 is 6.29 Å². The zero-order valence-corrected chi connectivity index (χ0v) is 9.93. The van der Waals surface area contributed by atoms with Gasteiger partial charge < -0.3 is 19.3 Å². The number of aliphatic hydroxyl groups excluding tert-OH is 1. The van der Waals surface area contributed by atoms with Gasteiger partial charge in [0.2, 0.25) is 0 Å². The van der Waals surface area contributed by atoms with Crippen molar-refractivity contribution in [1.82, 2.24) is 0 Å². The first-order valence-corrected chi connectivity index (χ1v) is 6.40. The van der Waals surface area contributed by atoms with Crippen molar-refractivity contribution in [2.24, 2.45) is 0 Å². The van der Waals surface area contributed by atoms with E-state index in [0.29, 0.717) is 0 Å². The molecule has 2 aliphatic heterocycles. The Hall–Kier alpha value is -0.160. The average molecular weight is 230 g/mol. The molecule has 2 aliphatic rings. The fourth-order valence-electron chi connectivity index (χ4n) is 2.41. The first-order valence-electron chi connectivity index (χ1n) is 6.40. The molecule has 0 saturated carbocycles. The monoisotopic (exact) mass is 230 g/mol. The fourth-order valence-corrected chi connectivity index (χ4v) is 2.41. The molecule has 0 aromatic rings. The van der Waals surface area contributed by atoms with Gasteiger partial charge in [-0.2, -0.15) is 0 Å². The smallest absolute Gasteiger partial charge is 0.161 e. The minimum absolute atomic E-state index is 0.133. The third-order valence-corrected chi connectivity index (χ3v) is 3.31. The van der Waals surface area contributed by atoms with Gasteiger partial charge in [-0.25, -0.2) is 0 Å². The Kier molecular flexibility index (Phi) is 4.58. The predicted molar refractivity (Wildman–Crippen MR) is 58.9 cm³/mol. The van der Waals surface area contributed by atoms with Crippen LogP contribution >= 0.6 is 0 Å². The topological polar surface area (TPSA) is 47.9 Å². The molecule has 4 nitrogen and oxygen atoms in total. The molecule has 1 N–H and O–H groups in total. The molecule has 0 aromatic heterocycles. The number of hydrogen-bond acceptors (Lipinski definition) is 4. The first kappa shape index (κ1) is 12.3. The van der Waals surface area contributed by atoms with E-state index in [9.17, 15) is 5.11 Å². The van der Waals surface area contributed by atoms with Crippen LogP contribution in [0.4, 0.5) is 0 Å². The van der Waals surface area contributed by atoms with Gasteiger partial charge in [0, 0.05) is 6.61 Å². The second-order valence-corrected chi connectivity index (χ2v) is 4.59. The number of aliphatic hydroxyl groups is 1. The van der Waals surface area contributed by atoms with E-state index >= 15 is 0 Å². The lowest BCUT2D eigenvalue weighted by molar-refractivity contribution is -0.280. The van der Waals surface area contributed by atoms with Gasteiger partial charge in [-0.05, 0) is 38.5 Å². The molecule has 0 bridgehead atoms. The van der Waals surface area contributed by atoms with Crippen LogP contribution in [0.25, 0.3) is 0 Å². The van der Waals surface area contributed by atoms with Crippen LogP contribution in [0.5, 0.6) is 0 Å². The van der Waals surface area contributed by atoms with E-state index in [1.807, 2.05) is 0 Å². The highest BCUT2D eigenvalue weighted by atomic mass is 16.7. The molecule has 16 heavy (non-hydrogen) atoms. The van der Waals surface area contributed by atoms with Crippen LogP contribution < -0.4 is 0 Å². The van der Waals surface area contributed by atoms with Crippen LogP contribution in [-0.4, -0.2) is 36.5 Å². The molecule has 4 heteroatoms. The minimum Gasteiger partial charge on any atom is -0.376 e. The summed E-state index contributed by atoms with van der Waals surface area (Å²) in [4.78, 5) is 0. The Balaban J connectivity index is 1.82. The van der Waals surface area contributed by atoms with Crippen LogP contribution in [0.1, 0.15) is 45.4 Å². The summed E-state index contributed by atoms with van der Waals surface area (Å²) in [6.45, 7) is 2.95. The zero-order chi connectivity index (χ0) is 11.4. The van der Waals surface area contributed by atoms with Crippen LogP contribution in [0.3, 0.4) is 0 Å². The van der Waals surface area contributed by atoms with Crippen molar-refractivity contribution in [2.75, 3.05) is 6.61 Å². The van der Waals surface area contributed by atoms with Crippen molar-refractivity contribution in [3.05, 3.63) is 0 Å². The van der Waals surface area contributed by atoms with Gasteiger partial charge in [-0.1, -0.05) is 6.92 Å². The summed E-state index contributed by atoms with van der Waals surface area (Å²) in [6, 6.07) is 0. The van der Waals surface area contributed by atoms with Gasteiger partial charge in [-0.3, -0.25) is 0 Å². The van der Waals surface area contributed by atoms with Gasteiger partial charge in [0.25, 0.3) is 0 Å². The lowest BCUT2D eigenvalue weighted by atomic mass is 10.0. The van der Waals surface area contributed by atoms with Gasteiger partial charge >= 0.3 is 0 Å². The Morgan fingerprint density at radius 3 is 2.88 bits per heavy atom. The molecule has 0 aliphatic carbocycles. The third-order valence-electron chi connectivity index (χ3n) is 3.31. The molecule has 0 radical (unpaired) electrons. The molecule has 0 amide bonds.